The van der Waals surface area contributed by atoms with Crippen LogP contribution in [0.3, 0.4) is 0 Å². The van der Waals surface area contributed by atoms with Gasteiger partial charge in [-0.2, -0.15) is 5.10 Å². The van der Waals surface area contributed by atoms with Crippen molar-refractivity contribution in [2.24, 2.45) is 0 Å². The predicted molar refractivity (Wildman–Crippen MR) is 112 cm³/mol. The molecule has 0 saturated heterocycles. The Morgan fingerprint density at radius 3 is 2.57 bits per heavy atom. The number of amides is 1. The van der Waals surface area contributed by atoms with Crippen LogP contribution in [-0.2, 0) is 0 Å². The van der Waals surface area contributed by atoms with E-state index in [9.17, 15) is 14.9 Å². The van der Waals surface area contributed by atoms with Crippen molar-refractivity contribution in [1.82, 2.24) is 10.2 Å². The van der Waals surface area contributed by atoms with Gasteiger partial charge in [-0.15, -0.1) is 5.10 Å². The Morgan fingerprint density at radius 2 is 1.83 bits per heavy atom. The molecule has 0 radical (unpaired) electrons. The molecule has 3 aromatic carbocycles. The van der Waals surface area contributed by atoms with Crippen molar-refractivity contribution in [1.29, 1.82) is 0 Å². The summed E-state index contributed by atoms with van der Waals surface area (Å²) in [4.78, 5) is 22.9. The molecule has 8 heteroatoms. The first-order valence-electron chi connectivity index (χ1n) is 9.06. The van der Waals surface area contributed by atoms with E-state index in [0.29, 0.717) is 28.4 Å². The fourth-order valence-electron chi connectivity index (χ4n) is 3.01. The maximum Gasteiger partial charge on any atom is 0.269 e. The summed E-state index contributed by atoms with van der Waals surface area (Å²) in [6.45, 7) is 1.66. The van der Waals surface area contributed by atoms with Crippen LogP contribution in [0.4, 0.5) is 11.4 Å². The number of carbonyl (C=O) groups is 1. The van der Waals surface area contributed by atoms with E-state index in [1.165, 1.54) is 18.2 Å². The molecule has 0 bridgehead atoms. The normalized spacial score (nSPS) is 10.6. The van der Waals surface area contributed by atoms with Crippen molar-refractivity contribution in [2.45, 2.75) is 6.92 Å². The second-order valence-corrected chi connectivity index (χ2v) is 6.57. The summed E-state index contributed by atoms with van der Waals surface area (Å²) in [5, 5.41) is 23.4. The van der Waals surface area contributed by atoms with Crippen LogP contribution in [0.15, 0.2) is 72.9 Å². The number of benzene rings is 3. The summed E-state index contributed by atoms with van der Waals surface area (Å²) >= 11 is 0. The fraction of sp³-hybridized carbons (Fsp3) is 0.0455. The number of hydrogen-bond donors (Lipinski definition) is 1. The number of nitro benzene ring substituents is 1. The number of carbonyl (C=O) groups excluding carboxylic acids is 1. The van der Waals surface area contributed by atoms with Gasteiger partial charge >= 0.3 is 0 Å². The van der Waals surface area contributed by atoms with Gasteiger partial charge in [0, 0.05) is 34.2 Å². The van der Waals surface area contributed by atoms with Gasteiger partial charge in [0.15, 0.2) is 0 Å². The predicted octanol–water partition coefficient (Wildman–Crippen LogP) is 4.89. The third-order valence-electron chi connectivity index (χ3n) is 4.53. The number of anilines is 1. The molecule has 4 rings (SSSR count). The van der Waals surface area contributed by atoms with Crippen molar-refractivity contribution in [3.8, 4) is 11.6 Å². The summed E-state index contributed by atoms with van der Waals surface area (Å²) < 4.78 is 5.84. The standard InChI is InChI=1S/C22H16N4O4/c1-14-12-17(26(28)29)8-11-19(14)21(27)24-16-6-9-18(10-7-16)30-22-20-5-3-2-4-15(20)13-23-25-22/h2-13H,1H3,(H,24,27). The quantitative estimate of drug-likeness (QED) is 0.377. The van der Waals surface area contributed by atoms with E-state index in [1.807, 2.05) is 24.3 Å². The molecule has 0 fully saturated rings. The molecule has 0 atom stereocenters. The molecule has 4 aromatic rings. The average molecular weight is 400 g/mol. The van der Waals surface area contributed by atoms with E-state index >= 15 is 0 Å². The minimum Gasteiger partial charge on any atom is -0.437 e. The van der Waals surface area contributed by atoms with Gasteiger partial charge < -0.3 is 10.1 Å². The summed E-state index contributed by atoms with van der Waals surface area (Å²) in [5.74, 6) is 0.590. The summed E-state index contributed by atoms with van der Waals surface area (Å²) in [5.41, 5.74) is 1.40. The van der Waals surface area contributed by atoms with E-state index in [0.717, 1.165) is 10.8 Å². The number of fused-ring (bicyclic) bond motifs is 1. The third-order valence-corrected chi connectivity index (χ3v) is 4.53. The minimum atomic E-state index is -0.492. The maximum absolute atomic E-state index is 12.5. The topological polar surface area (TPSA) is 107 Å². The molecule has 148 valence electrons. The van der Waals surface area contributed by atoms with Crippen molar-refractivity contribution in [3.05, 3.63) is 94.2 Å². The van der Waals surface area contributed by atoms with Crippen molar-refractivity contribution in [3.63, 3.8) is 0 Å². The lowest BCUT2D eigenvalue weighted by Crippen LogP contribution is -2.13. The number of ether oxygens (including phenoxy) is 1. The number of rotatable bonds is 5. The smallest absolute Gasteiger partial charge is 0.269 e. The van der Waals surface area contributed by atoms with Gasteiger partial charge in [0.2, 0.25) is 5.88 Å². The van der Waals surface area contributed by atoms with Crippen LogP contribution < -0.4 is 10.1 Å². The monoisotopic (exact) mass is 400 g/mol. The third kappa shape index (κ3) is 3.93. The first kappa shape index (κ1) is 19.0. The molecule has 0 aliphatic carbocycles. The SMILES string of the molecule is Cc1cc([N+](=O)[O-])ccc1C(=O)Nc1ccc(Oc2nncc3ccccc23)cc1. The summed E-state index contributed by atoms with van der Waals surface area (Å²) in [7, 11) is 0. The molecular weight excluding hydrogens is 384 g/mol. The number of nitrogens with zero attached hydrogens (tertiary/aromatic N) is 3. The Hall–Kier alpha value is -4.33. The molecule has 30 heavy (non-hydrogen) atoms. The van der Waals surface area contributed by atoms with Crippen molar-refractivity contribution < 1.29 is 14.5 Å². The highest BCUT2D eigenvalue weighted by Gasteiger charge is 2.14. The largest absolute Gasteiger partial charge is 0.437 e. The van der Waals surface area contributed by atoms with Crippen LogP contribution in [-0.4, -0.2) is 21.0 Å². The zero-order valence-corrected chi connectivity index (χ0v) is 15.9. The van der Waals surface area contributed by atoms with Crippen LogP contribution in [0.1, 0.15) is 15.9 Å². The van der Waals surface area contributed by atoms with E-state index in [2.05, 4.69) is 15.5 Å². The van der Waals surface area contributed by atoms with Gasteiger partial charge in [0.1, 0.15) is 5.75 Å². The zero-order valence-electron chi connectivity index (χ0n) is 15.9. The van der Waals surface area contributed by atoms with Gasteiger partial charge in [-0.05, 0) is 48.9 Å². The molecule has 1 amide bonds. The number of nitrogens with one attached hydrogen (secondary N) is 1. The van der Waals surface area contributed by atoms with Crippen LogP contribution in [0.5, 0.6) is 11.6 Å². The maximum atomic E-state index is 12.5. The minimum absolute atomic E-state index is 0.0536. The Morgan fingerprint density at radius 1 is 1.07 bits per heavy atom. The van der Waals surface area contributed by atoms with E-state index in [-0.39, 0.29) is 11.6 Å². The number of aromatic nitrogens is 2. The van der Waals surface area contributed by atoms with Gasteiger partial charge in [-0.1, -0.05) is 18.2 Å². The van der Waals surface area contributed by atoms with Crippen LogP contribution >= 0.6 is 0 Å². The lowest BCUT2D eigenvalue weighted by Gasteiger charge is -2.10. The van der Waals surface area contributed by atoms with Crippen LogP contribution in [0.2, 0.25) is 0 Å². The highest BCUT2D eigenvalue weighted by molar-refractivity contribution is 6.05. The first-order valence-corrected chi connectivity index (χ1v) is 9.06. The van der Waals surface area contributed by atoms with E-state index in [1.54, 1.807) is 37.4 Å². The molecule has 0 aliphatic heterocycles. The Balaban J connectivity index is 1.48. The Labute approximate surface area is 171 Å². The zero-order chi connectivity index (χ0) is 21.1. The first-order chi connectivity index (χ1) is 14.5. The summed E-state index contributed by atoms with van der Waals surface area (Å²) in [6.07, 6.45) is 1.67. The molecule has 0 unspecified atom stereocenters. The number of aryl methyl sites for hydroxylation is 1. The lowest BCUT2D eigenvalue weighted by molar-refractivity contribution is -0.384. The molecule has 8 nitrogen and oxygen atoms in total. The van der Waals surface area contributed by atoms with Crippen molar-refractivity contribution >= 4 is 28.1 Å². The van der Waals surface area contributed by atoms with Crippen LogP contribution in [0, 0.1) is 17.0 Å². The van der Waals surface area contributed by atoms with Crippen molar-refractivity contribution in [2.75, 3.05) is 5.32 Å². The lowest BCUT2D eigenvalue weighted by atomic mass is 10.1. The molecule has 1 N–H and O–H groups in total. The highest BCUT2D eigenvalue weighted by atomic mass is 16.6. The second-order valence-electron chi connectivity index (χ2n) is 6.57. The number of non-ortho nitro benzene ring substituents is 1. The molecule has 0 spiro atoms. The summed E-state index contributed by atoms with van der Waals surface area (Å²) in [6, 6.07) is 18.6. The Bertz CT molecular complexity index is 1250. The second kappa shape index (κ2) is 7.96. The van der Waals surface area contributed by atoms with Gasteiger partial charge in [0.25, 0.3) is 11.6 Å². The molecule has 1 aromatic heterocycles. The fourth-order valence-corrected chi connectivity index (χ4v) is 3.01. The molecule has 0 saturated carbocycles. The van der Waals surface area contributed by atoms with Crippen LogP contribution in [0.25, 0.3) is 10.8 Å². The van der Waals surface area contributed by atoms with E-state index < -0.39 is 4.92 Å². The average Bonchev–Trinajstić information content (AvgIpc) is 2.75. The van der Waals surface area contributed by atoms with Gasteiger partial charge in [-0.25, -0.2) is 0 Å². The highest BCUT2D eigenvalue weighted by Crippen LogP contribution is 2.27. The number of hydrogen-bond acceptors (Lipinski definition) is 6. The number of nitro groups is 1. The molecule has 1 heterocycles. The van der Waals surface area contributed by atoms with Gasteiger partial charge in [-0.3, -0.25) is 14.9 Å². The van der Waals surface area contributed by atoms with Gasteiger partial charge in [0.05, 0.1) is 11.1 Å². The van der Waals surface area contributed by atoms with E-state index in [4.69, 9.17) is 4.74 Å². The molecule has 0 aliphatic rings. The Kier molecular flexibility index (Phi) is 5.04. The molecular formula is C22H16N4O4.